The first-order chi connectivity index (χ1) is 10.6. The fourth-order valence-corrected chi connectivity index (χ4v) is 2.81. The summed E-state index contributed by atoms with van der Waals surface area (Å²) in [6.45, 7) is 0.549. The zero-order chi connectivity index (χ0) is 15.5. The van der Waals surface area contributed by atoms with Gasteiger partial charge in [0.05, 0.1) is 6.26 Å². The smallest absolute Gasteiger partial charge is 0.290 e. The monoisotopic (exact) mass is 318 g/mol. The Labute approximate surface area is 132 Å². The summed E-state index contributed by atoms with van der Waals surface area (Å²) >= 11 is 5.91. The van der Waals surface area contributed by atoms with Crippen molar-refractivity contribution in [3.05, 3.63) is 53.4 Å². The van der Waals surface area contributed by atoms with Gasteiger partial charge in [-0.15, -0.1) is 0 Å². The van der Waals surface area contributed by atoms with E-state index >= 15 is 0 Å². The van der Waals surface area contributed by atoms with Crippen molar-refractivity contribution in [3.63, 3.8) is 0 Å². The number of halogens is 1. The summed E-state index contributed by atoms with van der Waals surface area (Å²) < 4.78 is 5.13. The molecule has 5 nitrogen and oxygen atoms in total. The predicted octanol–water partition coefficient (Wildman–Crippen LogP) is 3.18. The normalized spacial score (nSPS) is 17.5. The van der Waals surface area contributed by atoms with Crippen LogP contribution < -0.4 is 5.32 Å². The second kappa shape index (κ2) is 6.23. The summed E-state index contributed by atoms with van der Waals surface area (Å²) in [5.41, 5.74) is 0.620. The number of furan rings is 1. The summed E-state index contributed by atoms with van der Waals surface area (Å²) in [6, 6.07) is 9.70. The van der Waals surface area contributed by atoms with Crippen LogP contribution in [-0.4, -0.2) is 29.3 Å². The Kier molecular flexibility index (Phi) is 4.15. The van der Waals surface area contributed by atoms with Crippen molar-refractivity contribution >= 4 is 29.1 Å². The maximum absolute atomic E-state index is 12.4. The van der Waals surface area contributed by atoms with E-state index in [1.165, 1.54) is 6.26 Å². The third-order valence-electron chi connectivity index (χ3n) is 3.64. The summed E-state index contributed by atoms with van der Waals surface area (Å²) in [7, 11) is 0. The van der Waals surface area contributed by atoms with Crippen LogP contribution in [0.1, 0.15) is 23.4 Å². The zero-order valence-corrected chi connectivity index (χ0v) is 12.5. The van der Waals surface area contributed by atoms with E-state index in [4.69, 9.17) is 16.0 Å². The maximum atomic E-state index is 12.4. The number of rotatable bonds is 3. The highest BCUT2D eigenvalue weighted by Gasteiger charge is 2.35. The van der Waals surface area contributed by atoms with Crippen LogP contribution in [0, 0.1) is 0 Å². The summed E-state index contributed by atoms with van der Waals surface area (Å²) in [6.07, 6.45) is 2.88. The van der Waals surface area contributed by atoms with E-state index in [9.17, 15) is 9.59 Å². The van der Waals surface area contributed by atoms with Crippen molar-refractivity contribution in [1.29, 1.82) is 0 Å². The van der Waals surface area contributed by atoms with E-state index in [2.05, 4.69) is 5.32 Å². The fourth-order valence-electron chi connectivity index (χ4n) is 2.62. The largest absolute Gasteiger partial charge is 0.459 e. The van der Waals surface area contributed by atoms with E-state index in [-0.39, 0.29) is 17.6 Å². The summed E-state index contributed by atoms with van der Waals surface area (Å²) in [4.78, 5) is 26.3. The molecule has 0 saturated carbocycles. The second-order valence-electron chi connectivity index (χ2n) is 5.13. The highest BCUT2D eigenvalue weighted by Crippen LogP contribution is 2.22. The molecule has 1 N–H and O–H groups in total. The molecule has 0 radical (unpaired) electrons. The molecular formula is C16H15ClN2O3. The average molecular weight is 319 g/mol. The van der Waals surface area contributed by atoms with E-state index in [1.807, 2.05) is 0 Å². The highest BCUT2D eigenvalue weighted by molar-refractivity contribution is 6.30. The van der Waals surface area contributed by atoms with E-state index in [0.29, 0.717) is 23.7 Å². The Morgan fingerprint density at radius 3 is 2.86 bits per heavy atom. The van der Waals surface area contributed by atoms with Gasteiger partial charge in [-0.05, 0) is 43.2 Å². The Morgan fingerprint density at radius 1 is 1.27 bits per heavy atom. The SMILES string of the molecule is O=C(Nc1cccc(Cl)c1)C1CCCN1C(=O)c1ccco1. The van der Waals surface area contributed by atoms with Crippen LogP contribution in [0.4, 0.5) is 5.69 Å². The fraction of sp³-hybridized carbons (Fsp3) is 0.250. The number of benzene rings is 1. The van der Waals surface area contributed by atoms with Gasteiger partial charge in [0.15, 0.2) is 5.76 Å². The van der Waals surface area contributed by atoms with E-state index in [1.54, 1.807) is 41.3 Å². The van der Waals surface area contributed by atoms with Crippen LogP contribution in [0.25, 0.3) is 0 Å². The number of carbonyl (C=O) groups is 2. The minimum atomic E-state index is -0.489. The Morgan fingerprint density at radius 2 is 2.14 bits per heavy atom. The highest BCUT2D eigenvalue weighted by atomic mass is 35.5. The van der Waals surface area contributed by atoms with Crippen LogP contribution in [0.3, 0.4) is 0 Å². The molecule has 114 valence electrons. The van der Waals surface area contributed by atoms with Crippen molar-refractivity contribution in [2.24, 2.45) is 0 Å². The van der Waals surface area contributed by atoms with Gasteiger partial charge in [0.2, 0.25) is 5.91 Å². The van der Waals surface area contributed by atoms with Crippen LogP contribution in [0.5, 0.6) is 0 Å². The Balaban J connectivity index is 1.72. The number of carbonyl (C=O) groups excluding carboxylic acids is 2. The van der Waals surface area contributed by atoms with Crippen molar-refractivity contribution in [3.8, 4) is 0 Å². The molecule has 1 aromatic heterocycles. The molecular weight excluding hydrogens is 304 g/mol. The molecule has 3 rings (SSSR count). The Bertz CT molecular complexity index is 684. The maximum Gasteiger partial charge on any atom is 0.290 e. The van der Waals surface area contributed by atoms with Crippen molar-refractivity contribution in [2.45, 2.75) is 18.9 Å². The predicted molar refractivity (Wildman–Crippen MR) is 82.8 cm³/mol. The molecule has 1 saturated heterocycles. The van der Waals surface area contributed by atoms with Gasteiger partial charge in [-0.2, -0.15) is 0 Å². The lowest BCUT2D eigenvalue weighted by molar-refractivity contribution is -0.119. The number of anilines is 1. The van der Waals surface area contributed by atoms with Crippen LogP contribution in [-0.2, 0) is 4.79 Å². The number of likely N-dealkylation sites (tertiary alicyclic amines) is 1. The molecule has 0 bridgehead atoms. The van der Waals surface area contributed by atoms with Gasteiger partial charge < -0.3 is 14.6 Å². The van der Waals surface area contributed by atoms with Gasteiger partial charge in [-0.3, -0.25) is 9.59 Å². The van der Waals surface area contributed by atoms with Crippen molar-refractivity contribution < 1.29 is 14.0 Å². The summed E-state index contributed by atoms with van der Waals surface area (Å²) in [5, 5.41) is 3.36. The van der Waals surface area contributed by atoms with Gasteiger partial charge in [0.1, 0.15) is 6.04 Å². The summed E-state index contributed by atoms with van der Waals surface area (Å²) in [5.74, 6) is -0.212. The van der Waals surface area contributed by atoms with Gasteiger partial charge in [0, 0.05) is 17.3 Å². The van der Waals surface area contributed by atoms with Crippen LogP contribution >= 0.6 is 11.6 Å². The third-order valence-corrected chi connectivity index (χ3v) is 3.88. The first-order valence-corrected chi connectivity index (χ1v) is 7.44. The standard InChI is InChI=1S/C16H15ClN2O3/c17-11-4-1-5-12(10-11)18-15(20)13-6-2-8-19(13)16(21)14-7-3-9-22-14/h1,3-5,7,9-10,13H,2,6,8H2,(H,18,20). The van der Waals surface area contributed by atoms with Crippen molar-refractivity contribution in [2.75, 3.05) is 11.9 Å². The number of nitrogens with zero attached hydrogens (tertiary/aromatic N) is 1. The molecule has 6 heteroatoms. The topological polar surface area (TPSA) is 62.6 Å². The molecule has 1 unspecified atom stereocenters. The second-order valence-corrected chi connectivity index (χ2v) is 5.57. The molecule has 1 aliphatic heterocycles. The lowest BCUT2D eigenvalue weighted by Crippen LogP contribution is -2.43. The van der Waals surface area contributed by atoms with Gasteiger partial charge in [-0.1, -0.05) is 17.7 Å². The lowest BCUT2D eigenvalue weighted by atomic mass is 10.2. The minimum absolute atomic E-state index is 0.209. The first kappa shape index (κ1) is 14.7. The molecule has 2 amide bonds. The average Bonchev–Trinajstić information content (AvgIpc) is 3.18. The molecule has 2 heterocycles. The van der Waals surface area contributed by atoms with Crippen LogP contribution in [0.2, 0.25) is 5.02 Å². The first-order valence-electron chi connectivity index (χ1n) is 7.06. The quantitative estimate of drug-likeness (QED) is 0.945. The van der Waals surface area contributed by atoms with E-state index in [0.717, 1.165) is 6.42 Å². The molecule has 1 aromatic carbocycles. The molecule has 1 fully saturated rings. The molecule has 22 heavy (non-hydrogen) atoms. The minimum Gasteiger partial charge on any atom is -0.459 e. The van der Waals surface area contributed by atoms with Gasteiger partial charge in [-0.25, -0.2) is 0 Å². The van der Waals surface area contributed by atoms with Crippen LogP contribution in [0.15, 0.2) is 47.1 Å². The Hall–Kier alpha value is -2.27. The molecule has 2 aromatic rings. The molecule has 1 aliphatic rings. The number of nitrogens with one attached hydrogen (secondary N) is 1. The number of hydrogen-bond donors (Lipinski definition) is 1. The van der Waals surface area contributed by atoms with Gasteiger partial charge >= 0.3 is 0 Å². The van der Waals surface area contributed by atoms with Crippen molar-refractivity contribution in [1.82, 2.24) is 4.90 Å². The van der Waals surface area contributed by atoms with E-state index < -0.39 is 6.04 Å². The molecule has 0 spiro atoms. The molecule has 0 aliphatic carbocycles. The molecule has 1 atom stereocenters. The third kappa shape index (κ3) is 2.99. The number of amides is 2. The lowest BCUT2D eigenvalue weighted by Gasteiger charge is -2.23. The van der Waals surface area contributed by atoms with Gasteiger partial charge in [0.25, 0.3) is 5.91 Å². The number of hydrogen-bond acceptors (Lipinski definition) is 3. The zero-order valence-electron chi connectivity index (χ0n) is 11.8.